The van der Waals surface area contributed by atoms with E-state index in [2.05, 4.69) is 15.3 Å². The number of carbonyl (C=O) groups excluding carboxylic acids is 1. The van der Waals surface area contributed by atoms with Gasteiger partial charge in [-0.15, -0.1) is 0 Å². The van der Waals surface area contributed by atoms with E-state index in [4.69, 9.17) is 4.74 Å². The number of anilines is 1. The molecule has 0 bridgehead atoms. The van der Waals surface area contributed by atoms with Gasteiger partial charge in [-0.05, 0) is 61.4 Å². The molecule has 2 aromatic carbocycles. The monoisotopic (exact) mass is 349 g/mol. The molecule has 0 unspecified atom stereocenters. The highest BCUT2D eigenvalue weighted by Crippen LogP contribution is 2.21. The first-order valence-electron chi connectivity index (χ1n) is 8.10. The van der Waals surface area contributed by atoms with Gasteiger partial charge in [-0.25, -0.2) is 4.79 Å². The van der Waals surface area contributed by atoms with E-state index in [1.54, 1.807) is 37.4 Å². The molecule has 0 aliphatic heterocycles. The largest absolute Gasteiger partial charge is 0.497 e. The zero-order chi connectivity index (χ0) is 18.7. The molecule has 0 fully saturated rings. The second-order valence-corrected chi connectivity index (χ2v) is 5.99. The van der Waals surface area contributed by atoms with E-state index < -0.39 is 11.6 Å². The summed E-state index contributed by atoms with van der Waals surface area (Å²) in [6.45, 7) is 3.86. The minimum absolute atomic E-state index is 0.150. The second-order valence-electron chi connectivity index (χ2n) is 5.99. The number of nitrogens with zero attached hydrogens (tertiary/aromatic N) is 1. The minimum atomic E-state index is -0.579. The van der Waals surface area contributed by atoms with Crippen LogP contribution in [-0.4, -0.2) is 23.0 Å². The van der Waals surface area contributed by atoms with E-state index in [0.29, 0.717) is 17.1 Å². The van der Waals surface area contributed by atoms with Crippen molar-refractivity contribution in [2.45, 2.75) is 13.8 Å². The van der Waals surface area contributed by atoms with Crippen LogP contribution in [0.2, 0.25) is 0 Å². The summed E-state index contributed by atoms with van der Waals surface area (Å²) >= 11 is 0. The average molecular weight is 349 g/mol. The third-order valence-electron chi connectivity index (χ3n) is 4.02. The molecule has 0 spiro atoms. The van der Waals surface area contributed by atoms with E-state index in [1.807, 2.05) is 32.0 Å². The first-order chi connectivity index (χ1) is 12.5. The molecule has 6 heteroatoms. The fraction of sp³-hybridized carbons (Fsp3) is 0.150. The van der Waals surface area contributed by atoms with Crippen LogP contribution in [0.1, 0.15) is 21.6 Å². The van der Waals surface area contributed by atoms with Gasteiger partial charge in [0.1, 0.15) is 11.4 Å². The van der Waals surface area contributed by atoms with Crippen LogP contribution in [0.3, 0.4) is 0 Å². The molecule has 1 heterocycles. The number of methoxy groups -OCH3 is 1. The Balaban J connectivity index is 1.92. The van der Waals surface area contributed by atoms with Gasteiger partial charge in [0.15, 0.2) is 0 Å². The Morgan fingerprint density at radius 3 is 2.50 bits per heavy atom. The number of amides is 1. The number of rotatable bonds is 4. The van der Waals surface area contributed by atoms with Crippen LogP contribution in [0.15, 0.2) is 53.3 Å². The molecular formula is C20H19N3O3. The zero-order valence-corrected chi connectivity index (χ0v) is 14.8. The van der Waals surface area contributed by atoms with Gasteiger partial charge in [-0.2, -0.15) is 4.98 Å². The number of hydrogen-bond donors (Lipinski definition) is 2. The first kappa shape index (κ1) is 17.4. The molecule has 2 N–H and O–H groups in total. The smallest absolute Gasteiger partial charge is 0.346 e. The average Bonchev–Trinajstić information content (AvgIpc) is 2.64. The fourth-order valence-electron chi connectivity index (χ4n) is 2.55. The number of hydrogen-bond acceptors (Lipinski definition) is 4. The van der Waals surface area contributed by atoms with Gasteiger partial charge in [-0.1, -0.05) is 12.1 Å². The number of carbonyl (C=O) groups is 1. The van der Waals surface area contributed by atoms with Gasteiger partial charge in [0.25, 0.3) is 5.91 Å². The third-order valence-corrected chi connectivity index (χ3v) is 4.02. The summed E-state index contributed by atoms with van der Waals surface area (Å²) in [5.74, 6) is 0.305. The molecule has 0 aliphatic carbocycles. The van der Waals surface area contributed by atoms with Crippen molar-refractivity contribution in [3.05, 3.63) is 75.8 Å². The maximum atomic E-state index is 12.6. The molecule has 3 aromatic rings. The van der Waals surface area contributed by atoms with Crippen molar-refractivity contribution in [2.24, 2.45) is 0 Å². The Hall–Kier alpha value is -3.41. The fourth-order valence-corrected chi connectivity index (χ4v) is 2.55. The Bertz CT molecular complexity index is 1010. The van der Waals surface area contributed by atoms with Crippen LogP contribution >= 0.6 is 0 Å². The maximum absolute atomic E-state index is 12.6. The van der Waals surface area contributed by atoms with Crippen LogP contribution in [0, 0.1) is 13.8 Å². The van der Waals surface area contributed by atoms with Crippen molar-refractivity contribution in [1.29, 1.82) is 0 Å². The highest BCUT2D eigenvalue weighted by atomic mass is 16.5. The van der Waals surface area contributed by atoms with Crippen molar-refractivity contribution in [1.82, 2.24) is 9.97 Å². The maximum Gasteiger partial charge on any atom is 0.346 e. The number of aryl methyl sites for hydroxylation is 2. The van der Waals surface area contributed by atoms with E-state index in [9.17, 15) is 9.59 Å². The number of ether oxygens (including phenoxy) is 1. The molecule has 1 amide bonds. The normalized spacial score (nSPS) is 10.4. The van der Waals surface area contributed by atoms with E-state index in [-0.39, 0.29) is 5.69 Å². The molecule has 132 valence electrons. The van der Waals surface area contributed by atoms with Crippen LogP contribution in [0.25, 0.3) is 11.3 Å². The van der Waals surface area contributed by atoms with Gasteiger partial charge in [0, 0.05) is 11.3 Å². The van der Waals surface area contributed by atoms with Crippen LogP contribution in [-0.2, 0) is 0 Å². The Labute approximate surface area is 150 Å². The number of aromatic amines is 1. The summed E-state index contributed by atoms with van der Waals surface area (Å²) in [6.07, 6.45) is 0. The van der Waals surface area contributed by atoms with Crippen molar-refractivity contribution >= 4 is 11.6 Å². The SMILES string of the molecule is COc1ccc(-c2cc(C(=O)Nc3cc(C)ccc3C)[nH]c(=O)n2)cc1. The highest BCUT2D eigenvalue weighted by Gasteiger charge is 2.12. The summed E-state index contributed by atoms with van der Waals surface area (Å²) in [5, 5.41) is 2.83. The summed E-state index contributed by atoms with van der Waals surface area (Å²) in [4.78, 5) is 30.9. The number of H-pyrrole nitrogens is 1. The van der Waals surface area contributed by atoms with E-state index in [1.165, 1.54) is 0 Å². The Morgan fingerprint density at radius 2 is 1.81 bits per heavy atom. The lowest BCUT2D eigenvalue weighted by atomic mass is 10.1. The molecule has 0 radical (unpaired) electrons. The van der Waals surface area contributed by atoms with Crippen molar-refractivity contribution in [2.75, 3.05) is 12.4 Å². The van der Waals surface area contributed by atoms with Crippen LogP contribution < -0.4 is 15.7 Å². The molecule has 0 saturated carbocycles. The molecule has 6 nitrogen and oxygen atoms in total. The molecule has 0 atom stereocenters. The molecule has 0 saturated heterocycles. The van der Waals surface area contributed by atoms with Gasteiger partial charge < -0.3 is 15.0 Å². The predicted octanol–water partition coefficient (Wildman–Crippen LogP) is 3.31. The summed E-state index contributed by atoms with van der Waals surface area (Å²) in [5.41, 5.74) is 3.39. The van der Waals surface area contributed by atoms with Gasteiger partial charge in [0.2, 0.25) is 0 Å². The Kier molecular flexibility index (Phi) is 4.84. The zero-order valence-electron chi connectivity index (χ0n) is 14.8. The van der Waals surface area contributed by atoms with Gasteiger partial charge in [-0.3, -0.25) is 4.79 Å². The van der Waals surface area contributed by atoms with Crippen molar-refractivity contribution in [3.8, 4) is 17.0 Å². The highest BCUT2D eigenvalue weighted by molar-refractivity contribution is 6.03. The van der Waals surface area contributed by atoms with Crippen molar-refractivity contribution < 1.29 is 9.53 Å². The second kappa shape index (κ2) is 7.23. The quantitative estimate of drug-likeness (QED) is 0.757. The van der Waals surface area contributed by atoms with E-state index in [0.717, 1.165) is 16.7 Å². The number of aromatic nitrogens is 2. The summed E-state index contributed by atoms with van der Waals surface area (Å²) in [7, 11) is 1.58. The van der Waals surface area contributed by atoms with E-state index >= 15 is 0 Å². The van der Waals surface area contributed by atoms with Gasteiger partial charge >= 0.3 is 5.69 Å². The van der Waals surface area contributed by atoms with Gasteiger partial charge in [0.05, 0.1) is 12.8 Å². The van der Waals surface area contributed by atoms with Crippen LogP contribution in [0.5, 0.6) is 5.75 Å². The predicted molar refractivity (Wildman–Crippen MR) is 101 cm³/mol. The lowest BCUT2D eigenvalue weighted by molar-refractivity contribution is 0.102. The van der Waals surface area contributed by atoms with Crippen LogP contribution in [0.4, 0.5) is 5.69 Å². The lowest BCUT2D eigenvalue weighted by Gasteiger charge is -2.10. The molecule has 1 aromatic heterocycles. The lowest BCUT2D eigenvalue weighted by Crippen LogP contribution is -2.21. The summed E-state index contributed by atoms with van der Waals surface area (Å²) in [6, 6.07) is 14.5. The molecule has 0 aliphatic rings. The molecule has 26 heavy (non-hydrogen) atoms. The molecular weight excluding hydrogens is 330 g/mol. The molecule has 3 rings (SSSR count). The third kappa shape index (κ3) is 3.80. The number of nitrogens with one attached hydrogen (secondary N) is 2. The first-order valence-corrected chi connectivity index (χ1v) is 8.10. The number of benzene rings is 2. The van der Waals surface area contributed by atoms with Crippen molar-refractivity contribution in [3.63, 3.8) is 0 Å². The minimum Gasteiger partial charge on any atom is -0.497 e. The Morgan fingerprint density at radius 1 is 1.08 bits per heavy atom. The standard InChI is InChI=1S/C20H19N3O3/c1-12-4-5-13(2)16(10-12)21-19(24)18-11-17(22-20(25)23-18)14-6-8-15(26-3)9-7-14/h4-11H,1-3H3,(H,21,24)(H,22,23,25). The summed E-state index contributed by atoms with van der Waals surface area (Å²) < 4.78 is 5.13. The topological polar surface area (TPSA) is 84.1 Å².